The summed E-state index contributed by atoms with van der Waals surface area (Å²) in [5.74, 6) is 0. The molecule has 3 heteroatoms. The van der Waals surface area contributed by atoms with Gasteiger partial charge in [0.15, 0.2) is 0 Å². The number of hydrogen-bond donors (Lipinski definition) is 1. The Hall–Kier alpha value is -0.830. The van der Waals surface area contributed by atoms with Crippen LogP contribution in [0, 0.1) is 13.8 Å². The first-order chi connectivity index (χ1) is 7.59. The molecule has 0 aliphatic heterocycles. The van der Waals surface area contributed by atoms with E-state index < -0.39 is 0 Å². The molecular weight excluding hydrogens is 238 g/mol. The zero-order valence-corrected chi connectivity index (χ0v) is 10.9. The van der Waals surface area contributed by atoms with Gasteiger partial charge in [-0.25, -0.2) is 0 Å². The Kier molecular flexibility index (Phi) is 3.33. The Labute approximate surface area is 105 Å². The average molecular weight is 252 g/mol. The minimum absolute atomic E-state index is 0.0706. The second-order valence-corrected chi connectivity index (χ2v) is 5.33. The third-order valence-electron chi connectivity index (χ3n) is 2.76. The van der Waals surface area contributed by atoms with E-state index in [0.717, 1.165) is 10.6 Å². The predicted octanol–water partition coefficient (Wildman–Crippen LogP) is 4.07. The van der Waals surface area contributed by atoms with Gasteiger partial charge in [-0.15, -0.1) is 11.3 Å². The Balaban J connectivity index is 2.45. The molecule has 0 aliphatic carbocycles. The van der Waals surface area contributed by atoms with Crippen LogP contribution in [0.2, 0.25) is 5.02 Å². The lowest BCUT2D eigenvalue weighted by molar-refractivity contribution is 0.875. The number of rotatable bonds is 2. The van der Waals surface area contributed by atoms with Gasteiger partial charge in [0.1, 0.15) is 0 Å². The molecule has 0 bridgehead atoms. The highest BCUT2D eigenvalue weighted by atomic mass is 35.5. The van der Waals surface area contributed by atoms with Gasteiger partial charge < -0.3 is 5.73 Å². The van der Waals surface area contributed by atoms with E-state index in [1.54, 1.807) is 11.3 Å². The first-order valence-corrected chi connectivity index (χ1v) is 6.41. The molecule has 2 aromatic rings. The van der Waals surface area contributed by atoms with Crippen molar-refractivity contribution in [3.05, 3.63) is 56.2 Å². The SMILES string of the molecule is Cc1ccc(Cl)cc1C(N)c1sccc1C. The molecule has 1 aromatic carbocycles. The average Bonchev–Trinajstić information content (AvgIpc) is 2.67. The number of benzene rings is 1. The summed E-state index contributed by atoms with van der Waals surface area (Å²) in [5.41, 5.74) is 9.82. The molecule has 0 aliphatic rings. The molecule has 0 amide bonds. The Morgan fingerprint density at radius 2 is 1.94 bits per heavy atom. The number of hydrogen-bond acceptors (Lipinski definition) is 2. The van der Waals surface area contributed by atoms with Gasteiger partial charge in [0, 0.05) is 9.90 Å². The molecule has 0 spiro atoms. The van der Waals surface area contributed by atoms with Crippen LogP contribution in [0.4, 0.5) is 0 Å². The molecule has 1 heterocycles. The number of aryl methyl sites for hydroxylation is 2. The lowest BCUT2D eigenvalue weighted by Gasteiger charge is -2.14. The topological polar surface area (TPSA) is 26.0 Å². The summed E-state index contributed by atoms with van der Waals surface area (Å²) in [6, 6.07) is 7.90. The van der Waals surface area contributed by atoms with Crippen molar-refractivity contribution in [3.8, 4) is 0 Å². The van der Waals surface area contributed by atoms with Gasteiger partial charge in [-0.2, -0.15) is 0 Å². The highest BCUT2D eigenvalue weighted by molar-refractivity contribution is 7.10. The van der Waals surface area contributed by atoms with Gasteiger partial charge in [0.05, 0.1) is 6.04 Å². The minimum Gasteiger partial charge on any atom is -0.320 e. The maximum Gasteiger partial charge on any atom is 0.0651 e. The summed E-state index contributed by atoms with van der Waals surface area (Å²) < 4.78 is 0. The van der Waals surface area contributed by atoms with Gasteiger partial charge in [-0.3, -0.25) is 0 Å². The molecule has 2 rings (SSSR count). The van der Waals surface area contributed by atoms with Crippen molar-refractivity contribution in [2.45, 2.75) is 19.9 Å². The lowest BCUT2D eigenvalue weighted by atomic mass is 9.99. The van der Waals surface area contributed by atoms with E-state index in [4.69, 9.17) is 17.3 Å². The van der Waals surface area contributed by atoms with Gasteiger partial charge in [0.2, 0.25) is 0 Å². The molecule has 1 nitrogen and oxygen atoms in total. The van der Waals surface area contributed by atoms with Crippen LogP contribution in [0.5, 0.6) is 0 Å². The molecule has 0 radical (unpaired) electrons. The van der Waals surface area contributed by atoms with E-state index in [1.165, 1.54) is 16.0 Å². The first-order valence-electron chi connectivity index (χ1n) is 5.15. The summed E-state index contributed by atoms with van der Waals surface area (Å²) in [6.07, 6.45) is 0. The fraction of sp³-hybridized carbons (Fsp3) is 0.231. The van der Waals surface area contributed by atoms with Gasteiger partial charge in [0.25, 0.3) is 0 Å². The second-order valence-electron chi connectivity index (χ2n) is 3.95. The molecule has 2 N–H and O–H groups in total. The van der Waals surface area contributed by atoms with Crippen molar-refractivity contribution >= 4 is 22.9 Å². The third kappa shape index (κ3) is 2.14. The van der Waals surface area contributed by atoms with Crippen LogP contribution in [0.1, 0.15) is 27.6 Å². The summed E-state index contributed by atoms with van der Waals surface area (Å²) in [5, 5.41) is 2.81. The third-order valence-corrected chi connectivity index (χ3v) is 4.10. The molecule has 1 aromatic heterocycles. The monoisotopic (exact) mass is 251 g/mol. The van der Waals surface area contributed by atoms with E-state index in [-0.39, 0.29) is 6.04 Å². The normalized spacial score (nSPS) is 12.8. The number of halogens is 1. The van der Waals surface area contributed by atoms with Crippen molar-refractivity contribution in [2.75, 3.05) is 0 Å². The molecule has 1 unspecified atom stereocenters. The Bertz CT molecular complexity index is 504. The fourth-order valence-corrected chi connectivity index (χ4v) is 2.92. The van der Waals surface area contributed by atoms with Crippen molar-refractivity contribution in [1.29, 1.82) is 0 Å². The van der Waals surface area contributed by atoms with Crippen molar-refractivity contribution < 1.29 is 0 Å². The van der Waals surface area contributed by atoms with Crippen LogP contribution in [-0.2, 0) is 0 Å². The Morgan fingerprint density at radius 3 is 2.56 bits per heavy atom. The van der Waals surface area contributed by atoms with E-state index in [0.29, 0.717) is 0 Å². The van der Waals surface area contributed by atoms with Crippen molar-refractivity contribution in [2.24, 2.45) is 5.73 Å². The zero-order valence-electron chi connectivity index (χ0n) is 9.33. The highest BCUT2D eigenvalue weighted by Crippen LogP contribution is 2.30. The minimum atomic E-state index is -0.0706. The van der Waals surface area contributed by atoms with Gasteiger partial charge in [-0.05, 0) is 54.1 Å². The highest BCUT2D eigenvalue weighted by Gasteiger charge is 2.15. The molecule has 0 saturated heterocycles. The van der Waals surface area contributed by atoms with Crippen LogP contribution in [0.3, 0.4) is 0 Å². The number of thiophene rings is 1. The van der Waals surface area contributed by atoms with Crippen LogP contribution in [-0.4, -0.2) is 0 Å². The van der Waals surface area contributed by atoms with Crippen LogP contribution < -0.4 is 5.73 Å². The van der Waals surface area contributed by atoms with E-state index >= 15 is 0 Å². The largest absolute Gasteiger partial charge is 0.320 e. The predicted molar refractivity (Wildman–Crippen MR) is 71.3 cm³/mol. The van der Waals surface area contributed by atoms with E-state index in [1.807, 2.05) is 18.2 Å². The summed E-state index contributed by atoms with van der Waals surface area (Å²) in [6.45, 7) is 4.15. The van der Waals surface area contributed by atoms with Gasteiger partial charge >= 0.3 is 0 Å². The van der Waals surface area contributed by atoms with Crippen LogP contribution in [0.25, 0.3) is 0 Å². The quantitative estimate of drug-likeness (QED) is 0.856. The summed E-state index contributed by atoms with van der Waals surface area (Å²) in [7, 11) is 0. The summed E-state index contributed by atoms with van der Waals surface area (Å²) in [4.78, 5) is 1.21. The summed E-state index contributed by atoms with van der Waals surface area (Å²) >= 11 is 7.71. The zero-order chi connectivity index (χ0) is 11.7. The van der Waals surface area contributed by atoms with Crippen molar-refractivity contribution in [1.82, 2.24) is 0 Å². The molecule has 84 valence electrons. The molecule has 0 fully saturated rings. The van der Waals surface area contributed by atoms with Gasteiger partial charge in [-0.1, -0.05) is 17.7 Å². The van der Waals surface area contributed by atoms with E-state index in [2.05, 4.69) is 25.3 Å². The maximum absolute atomic E-state index is 6.28. The lowest BCUT2D eigenvalue weighted by Crippen LogP contribution is -2.12. The smallest absolute Gasteiger partial charge is 0.0651 e. The van der Waals surface area contributed by atoms with Crippen molar-refractivity contribution in [3.63, 3.8) is 0 Å². The van der Waals surface area contributed by atoms with Crippen LogP contribution in [0.15, 0.2) is 29.6 Å². The number of nitrogens with two attached hydrogens (primary N) is 1. The first kappa shape index (κ1) is 11.6. The molecular formula is C13H14ClNS. The van der Waals surface area contributed by atoms with Crippen LogP contribution >= 0.6 is 22.9 Å². The Morgan fingerprint density at radius 1 is 1.19 bits per heavy atom. The van der Waals surface area contributed by atoms with E-state index in [9.17, 15) is 0 Å². The molecule has 0 saturated carbocycles. The standard InChI is InChI=1S/C13H14ClNS/c1-8-3-4-10(14)7-11(8)12(15)13-9(2)5-6-16-13/h3-7,12H,15H2,1-2H3. The molecule has 16 heavy (non-hydrogen) atoms. The second kappa shape index (κ2) is 4.58. The fourth-order valence-electron chi connectivity index (χ4n) is 1.79. The maximum atomic E-state index is 6.28. The molecule has 1 atom stereocenters.